The van der Waals surface area contributed by atoms with Crippen LogP contribution in [0.3, 0.4) is 0 Å². The van der Waals surface area contributed by atoms with Gasteiger partial charge >= 0.3 is 0 Å². The van der Waals surface area contributed by atoms with Gasteiger partial charge in [-0.3, -0.25) is 0 Å². The Labute approximate surface area is 242 Å². The maximum atomic E-state index is 13.8. The molecule has 212 valence electrons. The Morgan fingerprint density at radius 1 is 0.707 bits per heavy atom. The number of hydrogen-bond donors (Lipinski definition) is 0. The third-order valence-electron chi connectivity index (χ3n) is 7.48. The van der Waals surface area contributed by atoms with Crippen LogP contribution in [-0.4, -0.2) is 27.1 Å². The van der Waals surface area contributed by atoms with Crippen molar-refractivity contribution >= 4 is 11.1 Å². The fourth-order valence-electron chi connectivity index (χ4n) is 5.34. The summed E-state index contributed by atoms with van der Waals surface area (Å²) in [6.45, 7) is 1.15. The van der Waals surface area contributed by atoms with E-state index >= 15 is 0 Å². The van der Waals surface area contributed by atoms with Crippen LogP contribution in [0, 0.1) is 5.82 Å². The molecule has 0 radical (unpaired) electrons. The van der Waals surface area contributed by atoms with Crippen LogP contribution in [0.25, 0.3) is 11.1 Å². The molecule has 1 aliphatic carbocycles. The number of aryl methyl sites for hydroxylation is 1. The van der Waals surface area contributed by atoms with Crippen LogP contribution in [0.1, 0.15) is 53.5 Å². The Balaban J connectivity index is 1.40. The second-order valence-electron chi connectivity index (χ2n) is 10.2. The zero-order valence-corrected chi connectivity index (χ0v) is 23.8. The topological polar surface area (TPSA) is 36.9 Å². The quantitative estimate of drug-likeness (QED) is 0.123. The molecule has 0 aromatic heterocycles. The molecule has 0 spiro atoms. The molecule has 4 aromatic rings. The van der Waals surface area contributed by atoms with Crippen molar-refractivity contribution < 1.29 is 23.3 Å². The van der Waals surface area contributed by atoms with Crippen LogP contribution >= 0.6 is 0 Å². The molecular formula is C36H37FO4. The molecule has 1 aliphatic rings. The number of rotatable bonds is 13. The lowest BCUT2D eigenvalue weighted by molar-refractivity contribution is -0.107. The molecule has 0 aliphatic heterocycles. The summed E-state index contributed by atoms with van der Waals surface area (Å²) in [6.07, 6.45) is 4.25. The predicted molar refractivity (Wildman–Crippen MR) is 161 cm³/mol. The first-order valence-corrected chi connectivity index (χ1v) is 14.2. The lowest BCUT2D eigenvalue weighted by atomic mass is 9.79. The van der Waals surface area contributed by atoms with Crippen molar-refractivity contribution in [3.63, 3.8) is 0 Å². The number of ether oxygens (including phenoxy) is 4. The third-order valence-corrected chi connectivity index (χ3v) is 7.48. The van der Waals surface area contributed by atoms with Gasteiger partial charge in [0.25, 0.3) is 0 Å². The molecule has 5 rings (SSSR count). The molecule has 5 heteroatoms. The van der Waals surface area contributed by atoms with E-state index < -0.39 is 0 Å². The maximum Gasteiger partial charge on any atom is 0.156 e. The van der Waals surface area contributed by atoms with Crippen molar-refractivity contribution in [3.8, 4) is 11.5 Å². The highest BCUT2D eigenvalue weighted by molar-refractivity contribution is 6.01. The highest BCUT2D eigenvalue weighted by atomic mass is 19.1. The molecule has 0 heterocycles. The van der Waals surface area contributed by atoms with Gasteiger partial charge in [0.2, 0.25) is 0 Å². The second kappa shape index (κ2) is 14.1. The molecule has 0 atom stereocenters. The largest absolute Gasteiger partial charge is 0.494 e. The highest BCUT2D eigenvalue weighted by Crippen LogP contribution is 2.42. The maximum absolute atomic E-state index is 13.8. The van der Waals surface area contributed by atoms with E-state index in [-0.39, 0.29) is 12.1 Å². The van der Waals surface area contributed by atoms with Gasteiger partial charge in [0.05, 0.1) is 6.61 Å². The molecule has 4 aromatic carbocycles. The Morgan fingerprint density at radius 3 is 2.27 bits per heavy atom. The molecular weight excluding hydrogens is 515 g/mol. The van der Waals surface area contributed by atoms with Gasteiger partial charge in [-0.15, -0.1) is 0 Å². The fraction of sp³-hybridized carbons (Fsp3) is 0.278. The van der Waals surface area contributed by atoms with E-state index in [4.69, 9.17) is 18.9 Å². The highest BCUT2D eigenvalue weighted by Gasteiger charge is 2.22. The van der Waals surface area contributed by atoms with Crippen molar-refractivity contribution in [2.75, 3.05) is 20.8 Å². The summed E-state index contributed by atoms with van der Waals surface area (Å²) in [7, 11) is 3.32. The van der Waals surface area contributed by atoms with Crippen molar-refractivity contribution in [1.82, 2.24) is 0 Å². The van der Waals surface area contributed by atoms with Crippen LogP contribution in [0.2, 0.25) is 0 Å². The van der Waals surface area contributed by atoms with Gasteiger partial charge in [-0.05, 0) is 107 Å². The first-order valence-electron chi connectivity index (χ1n) is 14.2. The second-order valence-corrected chi connectivity index (χ2v) is 10.2. The summed E-state index contributed by atoms with van der Waals surface area (Å²) in [4.78, 5) is 0. The number of unbranched alkanes of at least 4 members (excludes halogenated alkanes) is 1. The molecule has 41 heavy (non-hydrogen) atoms. The van der Waals surface area contributed by atoms with Crippen LogP contribution in [0.15, 0.2) is 97.1 Å². The van der Waals surface area contributed by atoms with E-state index in [1.165, 1.54) is 28.8 Å². The van der Waals surface area contributed by atoms with Crippen molar-refractivity contribution in [1.29, 1.82) is 0 Å². The molecule has 0 saturated carbocycles. The molecule has 0 saturated heterocycles. The molecule has 0 N–H and O–H groups in total. The third kappa shape index (κ3) is 7.43. The zero-order chi connectivity index (χ0) is 28.4. The standard InChI is InChI=1S/C36H37FO4/c1-38-35(39-2)13-6-7-22-40-31-12-8-11-29(24-31)36-33(27-14-17-30(37)18-15-27)20-16-28-23-32(19-21-34(28)36)41-25-26-9-4-3-5-10-26/h3-5,8-12,14-15,17-19,21,23-24,35H,6-7,13,16,20,22,25H2,1-2H3. The summed E-state index contributed by atoms with van der Waals surface area (Å²) in [5, 5.41) is 0. The Kier molecular flexibility index (Phi) is 9.84. The van der Waals surface area contributed by atoms with E-state index in [1.54, 1.807) is 14.2 Å². The minimum atomic E-state index is -0.231. The van der Waals surface area contributed by atoms with Gasteiger partial charge in [0, 0.05) is 14.2 Å². The van der Waals surface area contributed by atoms with Crippen molar-refractivity contribution in [2.45, 2.75) is 45.0 Å². The lowest BCUT2D eigenvalue weighted by Crippen LogP contribution is -2.13. The summed E-state index contributed by atoms with van der Waals surface area (Å²) in [5.74, 6) is 1.46. The van der Waals surface area contributed by atoms with E-state index in [1.807, 2.05) is 48.5 Å². The smallest absolute Gasteiger partial charge is 0.156 e. The minimum absolute atomic E-state index is 0.175. The van der Waals surface area contributed by atoms with Gasteiger partial charge in [-0.1, -0.05) is 60.7 Å². The first kappa shape index (κ1) is 28.6. The van der Waals surface area contributed by atoms with E-state index in [9.17, 15) is 4.39 Å². The average Bonchev–Trinajstić information content (AvgIpc) is 3.02. The number of hydrogen-bond acceptors (Lipinski definition) is 4. The number of fused-ring (bicyclic) bond motifs is 1. The van der Waals surface area contributed by atoms with Crippen molar-refractivity contribution in [2.24, 2.45) is 0 Å². The van der Waals surface area contributed by atoms with E-state index in [0.29, 0.717) is 13.2 Å². The van der Waals surface area contributed by atoms with Crippen LogP contribution < -0.4 is 9.47 Å². The normalized spacial score (nSPS) is 12.9. The van der Waals surface area contributed by atoms with Crippen LogP contribution in [-0.2, 0) is 22.5 Å². The fourth-order valence-corrected chi connectivity index (χ4v) is 5.34. The SMILES string of the molecule is COC(CCCCOc1cccc(C2=C(c3ccc(F)cc3)CCc3cc(OCc4ccccc4)ccc32)c1)OC. The monoisotopic (exact) mass is 552 g/mol. The Hall–Kier alpha value is -3.93. The van der Waals surface area contributed by atoms with Crippen LogP contribution in [0.5, 0.6) is 11.5 Å². The summed E-state index contributed by atoms with van der Waals surface area (Å²) >= 11 is 0. The first-order chi connectivity index (χ1) is 20.1. The van der Waals surface area contributed by atoms with Crippen LogP contribution in [0.4, 0.5) is 4.39 Å². The summed E-state index contributed by atoms with van der Waals surface area (Å²) < 4.78 is 36.6. The van der Waals surface area contributed by atoms with Gasteiger partial charge in [0.15, 0.2) is 6.29 Å². The van der Waals surface area contributed by atoms with Gasteiger partial charge in [-0.25, -0.2) is 4.39 Å². The summed E-state index contributed by atoms with van der Waals surface area (Å²) in [6, 6.07) is 31.7. The molecule has 0 fully saturated rings. The van der Waals surface area contributed by atoms with Gasteiger partial charge in [0.1, 0.15) is 23.9 Å². The molecule has 0 unspecified atom stereocenters. The Bertz CT molecular complexity index is 1440. The van der Waals surface area contributed by atoms with Crippen molar-refractivity contribution in [3.05, 3.63) is 131 Å². The number of benzene rings is 4. The van der Waals surface area contributed by atoms with E-state index in [2.05, 4.69) is 36.4 Å². The number of allylic oxidation sites excluding steroid dienone is 1. The molecule has 0 amide bonds. The summed E-state index contributed by atoms with van der Waals surface area (Å²) in [5.41, 5.74) is 8.03. The minimum Gasteiger partial charge on any atom is -0.494 e. The molecule has 4 nitrogen and oxygen atoms in total. The van der Waals surface area contributed by atoms with Gasteiger partial charge < -0.3 is 18.9 Å². The lowest BCUT2D eigenvalue weighted by Gasteiger charge is -2.25. The Morgan fingerprint density at radius 2 is 1.49 bits per heavy atom. The molecule has 0 bridgehead atoms. The van der Waals surface area contributed by atoms with E-state index in [0.717, 1.165) is 65.9 Å². The average molecular weight is 553 g/mol. The number of halogens is 1. The predicted octanol–water partition coefficient (Wildman–Crippen LogP) is 8.48. The zero-order valence-electron chi connectivity index (χ0n) is 23.8. The van der Waals surface area contributed by atoms with Gasteiger partial charge in [-0.2, -0.15) is 0 Å². The number of methoxy groups -OCH3 is 2.